The van der Waals surface area contributed by atoms with Crippen molar-refractivity contribution in [3.05, 3.63) is 23.5 Å². The van der Waals surface area contributed by atoms with Gasteiger partial charge in [-0.2, -0.15) is 5.26 Å². The zero-order valence-electron chi connectivity index (χ0n) is 10.1. The van der Waals surface area contributed by atoms with Gasteiger partial charge in [0.1, 0.15) is 11.8 Å². The van der Waals surface area contributed by atoms with Crippen molar-refractivity contribution in [1.29, 1.82) is 5.26 Å². The summed E-state index contributed by atoms with van der Waals surface area (Å²) in [5, 5.41) is 21.0. The van der Waals surface area contributed by atoms with Gasteiger partial charge in [0, 0.05) is 12.7 Å². The van der Waals surface area contributed by atoms with Crippen LogP contribution in [-0.2, 0) is 0 Å². The summed E-state index contributed by atoms with van der Waals surface area (Å²) < 4.78 is 0. The van der Waals surface area contributed by atoms with Gasteiger partial charge >= 0.3 is 0 Å². The van der Waals surface area contributed by atoms with Crippen LogP contribution in [0, 0.1) is 17.2 Å². The predicted octanol–water partition coefficient (Wildman–Crippen LogP) is 1.17. The summed E-state index contributed by atoms with van der Waals surface area (Å²) in [7, 11) is 0. The third-order valence-corrected chi connectivity index (χ3v) is 3.37. The van der Waals surface area contributed by atoms with Gasteiger partial charge in [-0.25, -0.2) is 0 Å². The summed E-state index contributed by atoms with van der Waals surface area (Å²) in [5.74, 6) is 0.180. The molecule has 1 aromatic rings. The number of carbonyl (C=O) groups is 1. The van der Waals surface area contributed by atoms with Gasteiger partial charge in [0.2, 0.25) is 0 Å². The Hall–Kier alpha value is -1.80. The van der Waals surface area contributed by atoms with Crippen molar-refractivity contribution in [2.24, 2.45) is 5.92 Å². The van der Waals surface area contributed by atoms with Crippen LogP contribution in [-0.4, -0.2) is 28.6 Å². The summed E-state index contributed by atoms with van der Waals surface area (Å²) in [5.41, 5.74) is 0.858. The maximum atomic E-state index is 11.8. The molecule has 1 heterocycles. The Labute approximate surface area is 106 Å². The van der Waals surface area contributed by atoms with Crippen LogP contribution in [0.1, 0.15) is 41.7 Å². The van der Waals surface area contributed by atoms with Crippen molar-refractivity contribution in [1.82, 2.24) is 10.3 Å². The van der Waals surface area contributed by atoms with E-state index in [-0.39, 0.29) is 12.0 Å². The van der Waals surface area contributed by atoms with Gasteiger partial charge in [0.25, 0.3) is 5.91 Å². The highest BCUT2D eigenvalue weighted by atomic mass is 16.3. The molecule has 0 aliphatic heterocycles. The second-order valence-corrected chi connectivity index (χ2v) is 4.81. The van der Waals surface area contributed by atoms with Gasteiger partial charge in [-0.3, -0.25) is 4.79 Å². The molecule has 1 aliphatic carbocycles. The number of aliphatic hydroxyl groups excluding tert-OH is 1. The van der Waals surface area contributed by atoms with Crippen molar-refractivity contribution < 1.29 is 9.90 Å². The minimum atomic E-state index is -0.224. The Kier molecular flexibility index (Phi) is 4.00. The molecule has 1 aromatic heterocycles. The SMILES string of the molecule is N#Cc1cc(C(=O)NCC2CCCC(O)C2)c[nH]1. The molecule has 0 radical (unpaired) electrons. The number of amides is 1. The third kappa shape index (κ3) is 3.11. The number of H-pyrrole nitrogens is 1. The molecular weight excluding hydrogens is 230 g/mol. The minimum Gasteiger partial charge on any atom is -0.393 e. The molecule has 2 atom stereocenters. The molecule has 1 fully saturated rings. The van der Waals surface area contributed by atoms with E-state index in [2.05, 4.69) is 10.3 Å². The average molecular weight is 247 g/mol. The minimum absolute atomic E-state index is 0.173. The molecule has 5 nitrogen and oxygen atoms in total. The van der Waals surface area contributed by atoms with E-state index < -0.39 is 0 Å². The third-order valence-electron chi connectivity index (χ3n) is 3.37. The first-order chi connectivity index (χ1) is 8.69. The molecule has 2 rings (SSSR count). The van der Waals surface area contributed by atoms with Crippen molar-refractivity contribution >= 4 is 5.91 Å². The van der Waals surface area contributed by atoms with Gasteiger partial charge in [0.15, 0.2) is 0 Å². The number of nitriles is 1. The summed E-state index contributed by atoms with van der Waals surface area (Å²) in [6, 6.07) is 3.48. The molecule has 96 valence electrons. The Bertz CT molecular complexity index is 461. The van der Waals surface area contributed by atoms with Gasteiger partial charge in [-0.1, -0.05) is 6.42 Å². The highest BCUT2D eigenvalue weighted by Gasteiger charge is 2.20. The number of hydrogen-bond donors (Lipinski definition) is 3. The highest BCUT2D eigenvalue weighted by molar-refractivity contribution is 5.94. The lowest BCUT2D eigenvalue weighted by atomic mass is 9.87. The summed E-state index contributed by atoms with van der Waals surface area (Å²) >= 11 is 0. The quantitative estimate of drug-likeness (QED) is 0.749. The fraction of sp³-hybridized carbons (Fsp3) is 0.538. The highest BCUT2D eigenvalue weighted by Crippen LogP contribution is 2.23. The van der Waals surface area contributed by atoms with E-state index in [0.29, 0.717) is 23.7 Å². The first kappa shape index (κ1) is 12.7. The van der Waals surface area contributed by atoms with Crippen molar-refractivity contribution in [3.8, 4) is 6.07 Å². The van der Waals surface area contributed by atoms with Gasteiger partial charge in [-0.05, 0) is 31.2 Å². The molecule has 3 N–H and O–H groups in total. The second-order valence-electron chi connectivity index (χ2n) is 4.81. The van der Waals surface area contributed by atoms with Crippen LogP contribution in [0.25, 0.3) is 0 Å². The molecule has 1 amide bonds. The molecule has 0 saturated heterocycles. The van der Waals surface area contributed by atoms with E-state index in [1.54, 1.807) is 0 Å². The van der Waals surface area contributed by atoms with Gasteiger partial charge in [0.05, 0.1) is 11.7 Å². The predicted molar refractivity (Wildman–Crippen MR) is 65.8 cm³/mol. The first-order valence-electron chi connectivity index (χ1n) is 6.24. The number of aromatic amines is 1. The van der Waals surface area contributed by atoms with E-state index in [0.717, 1.165) is 25.7 Å². The van der Waals surface area contributed by atoms with Crippen LogP contribution < -0.4 is 5.32 Å². The number of nitrogens with zero attached hydrogens (tertiary/aromatic N) is 1. The zero-order valence-corrected chi connectivity index (χ0v) is 10.1. The fourth-order valence-corrected chi connectivity index (χ4v) is 2.38. The standard InChI is InChI=1S/C13H17N3O2/c14-6-11-5-10(8-15-11)13(18)16-7-9-2-1-3-12(17)4-9/h5,8-9,12,15,17H,1-4,7H2,(H,16,18). The second kappa shape index (κ2) is 5.69. The van der Waals surface area contributed by atoms with E-state index in [1.165, 1.54) is 12.3 Å². The van der Waals surface area contributed by atoms with E-state index in [9.17, 15) is 9.90 Å². The van der Waals surface area contributed by atoms with Gasteiger partial charge < -0.3 is 15.4 Å². The van der Waals surface area contributed by atoms with Gasteiger partial charge in [-0.15, -0.1) is 0 Å². The molecule has 2 unspecified atom stereocenters. The lowest BCUT2D eigenvalue weighted by Crippen LogP contribution is -2.32. The van der Waals surface area contributed by atoms with Crippen LogP contribution in [0.5, 0.6) is 0 Å². The number of hydrogen-bond acceptors (Lipinski definition) is 3. The summed E-state index contributed by atoms with van der Waals surface area (Å²) in [6.07, 6.45) is 5.00. The first-order valence-corrected chi connectivity index (χ1v) is 6.24. The molecule has 1 saturated carbocycles. The number of rotatable bonds is 3. The Morgan fingerprint density at radius 1 is 1.61 bits per heavy atom. The monoisotopic (exact) mass is 247 g/mol. The van der Waals surface area contributed by atoms with E-state index >= 15 is 0 Å². The number of aromatic nitrogens is 1. The Morgan fingerprint density at radius 3 is 3.11 bits per heavy atom. The molecular formula is C13H17N3O2. The normalized spacial score (nSPS) is 23.3. The van der Waals surface area contributed by atoms with Crippen molar-refractivity contribution in [2.75, 3.05) is 6.54 Å². The van der Waals surface area contributed by atoms with E-state index in [4.69, 9.17) is 5.26 Å². The zero-order chi connectivity index (χ0) is 13.0. The molecule has 0 spiro atoms. The van der Waals surface area contributed by atoms with Crippen LogP contribution in [0.3, 0.4) is 0 Å². The number of aliphatic hydroxyl groups is 1. The van der Waals surface area contributed by atoms with Crippen molar-refractivity contribution in [3.63, 3.8) is 0 Å². The van der Waals surface area contributed by atoms with E-state index in [1.807, 2.05) is 6.07 Å². The topological polar surface area (TPSA) is 88.9 Å². The largest absolute Gasteiger partial charge is 0.393 e. The maximum Gasteiger partial charge on any atom is 0.252 e. The maximum absolute atomic E-state index is 11.8. The Morgan fingerprint density at radius 2 is 2.44 bits per heavy atom. The lowest BCUT2D eigenvalue weighted by molar-refractivity contribution is 0.0874. The van der Waals surface area contributed by atoms with Crippen LogP contribution in [0.2, 0.25) is 0 Å². The smallest absolute Gasteiger partial charge is 0.252 e. The summed E-state index contributed by atoms with van der Waals surface area (Å²) in [4.78, 5) is 14.5. The molecule has 0 aromatic carbocycles. The molecule has 0 bridgehead atoms. The number of carbonyl (C=O) groups excluding carboxylic acids is 1. The fourth-order valence-electron chi connectivity index (χ4n) is 2.38. The van der Waals surface area contributed by atoms with Crippen LogP contribution in [0.15, 0.2) is 12.3 Å². The molecule has 18 heavy (non-hydrogen) atoms. The summed E-state index contributed by atoms with van der Waals surface area (Å²) in [6.45, 7) is 0.586. The molecule has 1 aliphatic rings. The van der Waals surface area contributed by atoms with Crippen molar-refractivity contribution in [2.45, 2.75) is 31.8 Å². The van der Waals surface area contributed by atoms with Crippen LogP contribution in [0.4, 0.5) is 0 Å². The number of nitrogens with one attached hydrogen (secondary N) is 2. The van der Waals surface area contributed by atoms with Crippen LogP contribution >= 0.6 is 0 Å². The lowest BCUT2D eigenvalue weighted by Gasteiger charge is -2.25. The average Bonchev–Trinajstić information content (AvgIpc) is 2.85. The Balaban J connectivity index is 1.83. The molecule has 5 heteroatoms.